The Morgan fingerprint density at radius 3 is 2.68 bits per heavy atom. The summed E-state index contributed by atoms with van der Waals surface area (Å²) in [6.45, 7) is 2.70. The molecule has 0 aliphatic carbocycles. The number of halogens is 1. The minimum Gasteiger partial charge on any atom is -0.368 e. The van der Waals surface area contributed by atoms with Crippen LogP contribution in [0.4, 0.5) is 5.69 Å². The van der Waals surface area contributed by atoms with Crippen LogP contribution in [0.25, 0.3) is 11.1 Å². The van der Waals surface area contributed by atoms with Crippen LogP contribution < -0.4 is 5.32 Å². The third-order valence-electron chi connectivity index (χ3n) is 3.81. The minimum absolute atomic E-state index is 0.0726. The Kier molecular flexibility index (Phi) is 4.46. The Bertz CT molecular complexity index is 676. The van der Waals surface area contributed by atoms with Crippen LogP contribution in [0.1, 0.15) is 18.4 Å². The summed E-state index contributed by atoms with van der Waals surface area (Å²) in [5.41, 5.74) is 3.95. The van der Waals surface area contributed by atoms with Crippen LogP contribution in [0.3, 0.4) is 0 Å². The summed E-state index contributed by atoms with van der Waals surface area (Å²) < 4.78 is 5.44. The normalized spacial score (nSPS) is 17.5. The number of anilines is 1. The Balaban J connectivity index is 1.90. The molecule has 114 valence electrons. The molecular weight excluding hydrogens is 298 g/mol. The average Bonchev–Trinajstić information content (AvgIpc) is 3.04. The molecule has 2 aromatic carbocycles. The first-order chi connectivity index (χ1) is 10.6. The third kappa shape index (κ3) is 3.32. The van der Waals surface area contributed by atoms with E-state index in [4.69, 9.17) is 16.3 Å². The fourth-order valence-corrected chi connectivity index (χ4v) is 2.76. The first-order valence-electron chi connectivity index (χ1n) is 7.42. The van der Waals surface area contributed by atoms with Crippen molar-refractivity contribution in [2.75, 3.05) is 11.9 Å². The molecule has 1 atom stereocenters. The molecule has 0 radical (unpaired) electrons. The molecule has 1 unspecified atom stereocenters. The van der Waals surface area contributed by atoms with E-state index in [0.29, 0.717) is 11.6 Å². The Hall–Kier alpha value is -1.84. The Morgan fingerprint density at radius 1 is 1.23 bits per heavy atom. The van der Waals surface area contributed by atoms with E-state index in [1.54, 1.807) is 0 Å². The number of carbonyl (C=O) groups excluding carboxylic acids is 1. The van der Waals surface area contributed by atoms with Crippen LogP contribution in [0.15, 0.2) is 42.5 Å². The van der Waals surface area contributed by atoms with Gasteiger partial charge in [0.05, 0.1) is 0 Å². The molecular formula is C18H18ClNO2. The van der Waals surface area contributed by atoms with Gasteiger partial charge in [0.1, 0.15) is 6.10 Å². The number of amides is 1. The number of rotatable bonds is 3. The highest BCUT2D eigenvalue weighted by molar-refractivity contribution is 6.30. The van der Waals surface area contributed by atoms with Gasteiger partial charge in [0, 0.05) is 22.9 Å². The fourth-order valence-electron chi connectivity index (χ4n) is 2.63. The molecule has 1 N–H and O–H groups in total. The summed E-state index contributed by atoms with van der Waals surface area (Å²) in [5, 5.41) is 3.69. The molecule has 3 rings (SSSR count). The highest BCUT2D eigenvalue weighted by Gasteiger charge is 2.24. The number of hydrogen-bond acceptors (Lipinski definition) is 2. The van der Waals surface area contributed by atoms with E-state index in [0.717, 1.165) is 35.2 Å². The zero-order valence-corrected chi connectivity index (χ0v) is 13.2. The number of carbonyl (C=O) groups is 1. The van der Waals surface area contributed by atoms with Crippen LogP contribution in [0, 0.1) is 6.92 Å². The molecule has 1 fully saturated rings. The van der Waals surface area contributed by atoms with E-state index in [2.05, 4.69) is 11.4 Å². The second-order valence-electron chi connectivity index (χ2n) is 5.55. The van der Waals surface area contributed by atoms with Gasteiger partial charge in [0.15, 0.2) is 0 Å². The number of ether oxygens (including phenoxy) is 1. The van der Waals surface area contributed by atoms with Crippen molar-refractivity contribution in [1.82, 2.24) is 0 Å². The molecule has 4 heteroatoms. The quantitative estimate of drug-likeness (QED) is 0.909. The van der Waals surface area contributed by atoms with E-state index >= 15 is 0 Å². The summed E-state index contributed by atoms with van der Waals surface area (Å²) in [6.07, 6.45) is 1.39. The van der Waals surface area contributed by atoms with Crippen molar-refractivity contribution in [3.63, 3.8) is 0 Å². The zero-order chi connectivity index (χ0) is 15.5. The lowest BCUT2D eigenvalue weighted by Crippen LogP contribution is -2.27. The molecule has 1 aliphatic heterocycles. The standard InChI is InChI=1S/C18H18ClNO2/c1-12-4-9-16(20-18(21)17-3-2-10-22-17)15(11-12)13-5-7-14(19)8-6-13/h4-9,11,17H,2-3,10H2,1H3,(H,20,21). The number of benzene rings is 2. The minimum atomic E-state index is -0.334. The van der Waals surface area contributed by atoms with Crippen molar-refractivity contribution in [1.29, 1.82) is 0 Å². The Morgan fingerprint density at radius 2 is 2.00 bits per heavy atom. The summed E-state index contributed by atoms with van der Waals surface area (Å²) in [7, 11) is 0. The van der Waals surface area contributed by atoms with E-state index in [-0.39, 0.29) is 12.0 Å². The predicted octanol–water partition coefficient (Wildman–Crippen LogP) is 4.43. The van der Waals surface area contributed by atoms with Crippen LogP contribution in [0.2, 0.25) is 5.02 Å². The lowest BCUT2D eigenvalue weighted by atomic mass is 10.0. The molecule has 1 saturated heterocycles. The van der Waals surface area contributed by atoms with Crippen LogP contribution in [0.5, 0.6) is 0 Å². The van der Waals surface area contributed by atoms with Gasteiger partial charge in [-0.3, -0.25) is 4.79 Å². The summed E-state index contributed by atoms with van der Waals surface area (Å²) in [4.78, 5) is 12.3. The largest absolute Gasteiger partial charge is 0.368 e. The predicted molar refractivity (Wildman–Crippen MR) is 89.2 cm³/mol. The molecule has 3 nitrogen and oxygen atoms in total. The maximum absolute atomic E-state index is 12.3. The molecule has 22 heavy (non-hydrogen) atoms. The Labute approximate surface area is 135 Å². The molecule has 0 saturated carbocycles. The topological polar surface area (TPSA) is 38.3 Å². The van der Waals surface area contributed by atoms with Crippen molar-refractivity contribution in [2.45, 2.75) is 25.9 Å². The third-order valence-corrected chi connectivity index (χ3v) is 4.06. The van der Waals surface area contributed by atoms with E-state index in [9.17, 15) is 4.79 Å². The molecule has 2 aromatic rings. The summed E-state index contributed by atoms with van der Waals surface area (Å²) >= 11 is 5.95. The monoisotopic (exact) mass is 315 g/mol. The van der Waals surface area contributed by atoms with Crippen molar-refractivity contribution < 1.29 is 9.53 Å². The second kappa shape index (κ2) is 6.51. The molecule has 0 spiro atoms. The van der Waals surface area contributed by atoms with Crippen molar-refractivity contribution in [2.24, 2.45) is 0 Å². The van der Waals surface area contributed by atoms with Gasteiger partial charge in [-0.25, -0.2) is 0 Å². The highest BCUT2D eigenvalue weighted by atomic mass is 35.5. The van der Waals surface area contributed by atoms with Gasteiger partial charge in [-0.15, -0.1) is 0 Å². The van der Waals surface area contributed by atoms with Gasteiger partial charge in [-0.1, -0.05) is 35.4 Å². The van der Waals surface area contributed by atoms with Crippen molar-refractivity contribution in [3.05, 3.63) is 53.1 Å². The van der Waals surface area contributed by atoms with Gasteiger partial charge in [0.2, 0.25) is 0 Å². The zero-order valence-electron chi connectivity index (χ0n) is 12.4. The number of nitrogens with one attached hydrogen (secondary N) is 1. The van der Waals surface area contributed by atoms with Crippen molar-refractivity contribution in [3.8, 4) is 11.1 Å². The van der Waals surface area contributed by atoms with E-state index in [1.807, 2.05) is 43.3 Å². The maximum atomic E-state index is 12.3. The molecule has 1 amide bonds. The highest BCUT2D eigenvalue weighted by Crippen LogP contribution is 2.30. The van der Waals surface area contributed by atoms with Gasteiger partial charge >= 0.3 is 0 Å². The lowest BCUT2D eigenvalue weighted by molar-refractivity contribution is -0.124. The number of hydrogen-bond donors (Lipinski definition) is 1. The summed E-state index contributed by atoms with van der Waals surface area (Å²) in [6, 6.07) is 13.6. The van der Waals surface area contributed by atoms with Crippen LogP contribution in [-0.4, -0.2) is 18.6 Å². The first-order valence-corrected chi connectivity index (χ1v) is 7.80. The van der Waals surface area contributed by atoms with E-state index < -0.39 is 0 Å². The van der Waals surface area contributed by atoms with Gasteiger partial charge in [-0.2, -0.15) is 0 Å². The van der Waals surface area contributed by atoms with Gasteiger partial charge in [-0.05, 0) is 49.6 Å². The van der Waals surface area contributed by atoms with Crippen LogP contribution >= 0.6 is 11.6 Å². The maximum Gasteiger partial charge on any atom is 0.253 e. The summed E-state index contributed by atoms with van der Waals surface area (Å²) in [5.74, 6) is -0.0726. The molecule has 1 heterocycles. The van der Waals surface area contributed by atoms with Gasteiger partial charge < -0.3 is 10.1 Å². The molecule has 1 aliphatic rings. The lowest BCUT2D eigenvalue weighted by Gasteiger charge is -2.15. The fraction of sp³-hybridized carbons (Fsp3) is 0.278. The molecule has 0 aromatic heterocycles. The average molecular weight is 316 g/mol. The first kappa shape index (κ1) is 15.1. The molecule has 0 bridgehead atoms. The van der Waals surface area contributed by atoms with Crippen molar-refractivity contribution >= 4 is 23.2 Å². The van der Waals surface area contributed by atoms with E-state index in [1.165, 1.54) is 0 Å². The van der Waals surface area contributed by atoms with Gasteiger partial charge in [0.25, 0.3) is 5.91 Å². The smallest absolute Gasteiger partial charge is 0.253 e. The SMILES string of the molecule is Cc1ccc(NC(=O)C2CCCO2)c(-c2ccc(Cl)cc2)c1. The van der Waals surface area contributed by atoms with Crippen LogP contribution in [-0.2, 0) is 9.53 Å². The number of aryl methyl sites for hydroxylation is 1. The second-order valence-corrected chi connectivity index (χ2v) is 5.98.